The number of carbonyl (C=O) groups is 1. The quantitative estimate of drug-likeness (QED) is 0.802. The number of alkyl halides is 1. The number of hydrogen-bond donors (Lipinski definition) is 0. The highest BCUT2D eigenvalue weighted by Gasteiger charge is 2.27. The molecule has 1 unspecified atom stereocenters. The van der Waals surface area contributed by atoms with Crippen LogP contribution in [0.5, 0.6) is 11.5 Å². The van der Waals surface area contributed by atoms with E-state index >= 15 is 0 Å². The molecule has 0 aliphatic carbocycles. The van der Waals surface area contributed by atoms with E-state index in [1.54, 1.807) is 6.07 Å². The third kappa shape index (κ3) is 2.56. The van der Waals surface area contributed by atoms with Crippen LogP contribution in [0.4, 0.5) is 0 Å². The first-order valence-corrected chi connectivity index (χ1v) is 7.65. The number of hydrogen-bond acceptors (Lipinski definition) is 3. The van der Waals surface area contributed by atoms with Crippen molar-refractivity contribution in [3.8, 4) is 11.5 Å². The number of carbonyl (C=O) groups excluding carboxylic acids is 1. The predicted molar refractivity (Wildman–Crippen MR) is 75.0 cm³/mol. The third-order valence-electron chi connectivity index (χ3n) is 3.71. The molecular formula is C14H16BrNO3. The molecule has 2 heterocycles. The molecular weight excluding hydrogens is 310 g/mol. The Morgan fingerprint density at radius 2 is 2.21 bits per heavy atom. The molecule has 3 rings (SSSR count). The van der Waals surface area contributed by atoms with Gasteiger partial charge in [0.2, 0.25) is 6.79 Å². The number of halogens is 1. The molecule has 102 valence electrons. The first-order valence-electron chi connectivity index (χ1n) is 6.53. The second kappa shape index (κ2) is 5.41. The number of benzene rings is 1. The lowest BCUT2D eigenvalue weighted by Crippen LogP contribution is -2.28. The highest BCUT2D eigenvalue weighted by molar-refractivity contribution is 9.09. The molecule has 0 aromatic heterocycles. The van der Waals surface area contributed by atoms with Crippen molar-refractivity contribution in [3.05, 3.63) is 23.8 Å². The average molecular weight is 326 g/mol. The zero-order valence-electron chi connectivity index (χ0n) is 10.6. The second-order valence-electron chi connectivity index (χ2n) is 4.95. The molecule has 1 amide bonds. The predicted octanol–water partition coefficient (Wildman–Crippen LogP) is 2.66. The number of rotatable bonds is 3. The van der Waals surface area contributed by atoms with Gasteiger partial charge in [0.05, 0.1) is 0 Å². The maximum Gasteiger partial charge on any atom is 0.254 e. The summed E-state index contributed by atoms with van der Waals surface area (Å²) in [6.07, 6.45) is 2.23. The molecule has 1 atom stereocenters. The van der Waals surface area contributed by atoms with Crippen molar-refractivity contribution < 1.29 is 14.3 Å². The van der Waals surface area contributed by atoms with E-state index in [1.807, 2.05) is 17.0 Å². The van der Waals surface area contributed by atoms with Crippen molar-refractivity contribution in [1.29, 1.82) is 0 Å². The molecule has 2 aliphatic rings. The van der Waals surface area contributed by atoms with E-state index < -0.39 is 0 Å². The van der Waals surface area contributed by atoms with Gasteiger partial charge in [-0.1, -0.05) is 15.9 Å². The van der Waals surface area contributed by atoms with Gasteiger partial charge in [-0.05, 0) is 37.0 Å². The molecule has 0 saturated carbocycles. The smallest absolute Gasteiger partial charge is 0.254 e. The van der Waals surface area contributed by atoms with Gasteiger partial charge < -0.3 is 14.4 Å². The fourth-order valence-corrected chi connectivity index (χ4v) is 3.27. The zero-order valence-corrected chi connectivity index (χ0v) is 12.2. The summed E-state index contributed by atoms with van der Waals surface area (Å²) in [4.78, 5) is 14.3. The first kappa shape index (κ1) is 12.8. The minimum absolute atomic E-state index is 0.0929. The first-order chi connectivity index (χ1) is 9.28. The number of likely N-dealkylation sites (tertiary alicyclic amines) is 1. The molecule has 1 saturated heterocycles. The summed E-state index contributed by atoms with van der Waals surface area (Å²) in [5.74, 6) is 2.10. The van der Waals surface area contributed by atoms with Crippen LogP contribution < -0.4 is 9.47 Å². The van der Waals surface area contributed by atoms with Gasteiger partial charge >= 0.3 is 0 Å². The van der Waals surface area contributed by atoms with Crippen molar-refractivity contribution in [2.75, 3.05) is 25.2 Å². The van der Waals surface area contributed by atoms with Crippen molar-refractivity contribution in [3.63, 3.8) is 0 Å². The molecule has 4 nitrogen and oxygen atoms in total. The molecule has 2 aliphatic heterocycles. The number of amides is 1. The van der Waals surface area contributed by atoms with E-state index in [-0.39, 0.29) is 12.7 Å². The topological polar surface area (TPSA) is 38.8 Å². The van der Waals surface area contributed by atoms with Crippen molar-refractivity contribution >= 4 is 21.8 Å². The van der Waals surface area contributed by atoms with Crippen LogP contribution in [0.1, 0.15) is 23.2 Å². The van der Waals surface area contributed by atoms with Crippen LogP contribution in [0.3, 0.4) is 0 Å². The molecule has 0 N–H and O–H groups in total. The number of fused-ring (bicyclic) bond motifs is 1. The van der Waals surface area contributed by atoms with E-state index in [4.69, 9.17) is 9.47 Å². The minimum Gasteiger partial charge on any atom is -0.454 e. The number of ether oxygens (including phenoxy) is 2. The summed E-state index contributed by atoms with van der Waals surface area (Å²) in [6.45, 7) is 1.95. The van der Waals surface area contributed by atoms with Crippen LogP contribution in [-0.4, -0.2) is 36.0 Å². The van der Waals surface area contributed by atoms with Crippen LogP contribution in [0, 0.1) is 5.92 Å². The van der Waals surface area contributed by atoms with Gasteiger partial charge in [0.1, 0.15) is 0 Å². The SMILES string of the molecule is O=C(c1ccc2c(c1)OCO2)N1CCC(CCBr)C1. The zero-order chi connectivity index (χ0) is 13.2. The molecule has 1 fully saturated rings. The summed E-state index contributed by atoms with van der Waals surface area (Å²) >= 11 is 3.46. The van der Waals surface area contributed by atoms with Gasteiger partial charge in [0.15, 0.2) is 11.5 Å². The van der Waals surface area contributed by atoms with Crippen LogP contribution in [0.25, 0.3) is 0 Å². The van der Waals surface area contributed by atoms with Crippen LogP contribution in [-0.2, 0) is 0 Å². The molecule has 1 aromatic carbocycles. The van der Waals surface area contributed by atoms with E-state index in [2.05, 4.69) is 15.9 Å². The monoisotopic (exact) mass is 325 g/mol. The lowest BCUT2D eigenvalue weighted by molar-refractivity contribution is 0.0786. The highest BCUT2D eigenvalue weighted by Crippen LogP contribution is 2.33. The number of nitrogens with zero attached hydrogens (tertiary/aromatic N) is 1. The maximum atomic E-state index is 12.4. The molecule has 0 radical (unpaired) electrons. The van der Waals surface area contributed by atoms with Crippen molar-refractivity contribution in [2.45, 2.75) is 12.8 Å². The molecule has 0 bridgehead atoms. The summed E-state index contributed by atoms with van der Waals surface area (Å²) < 4.78 is 10.6. The molecule has 19 heavy (non-hydrogen) atoms. The van der Waals surface area contributed by atoms with Gasteiger partial charge in [0, 0.05) is 24.0 Å². The van der Waals surface area contributed by atoms with Gasteiger partial charge in [-0.3, -0.25) is 4.79 Å². The lowest BCUT2D eigenvalue weighted by atomic mass is 10.1. The van der Waals surface area contributed by atoms with Gasteiger partial charge in [0.25, 0.3) is 5.91 Å². The lowest BCUT2D eigenvalue weighted by Gasteiger charge is -2.16. The van der Waals surface area contributed by atoms with Crippen LogP contribution in [0.2, 0.25) is 0 Å². The molecule has 1 aromatic rings. The van der Waals surface area contributed by atoms with E-state index in [0.717, 1.165) is 37.0 Å². The Labute approximate surface area is 120 Å². The molecule has 5 heteroatoms. The Kier molecular flexibility index (Phi) is 3.64. The Balaban J connectivity index is 1.71. The fraction of sp³-hybridized carbons (Fsp3) is 0.500. The maximum absolute atomic E-state index is 12.4. The Morgan fingerprint density at radius 3 is 3.05 bits per heavy atom. The van der Waals surface area contributed by atoms with E-state index in [9.17, 15) is 4.79 Å². The highest BCUT2D eigenvalue weighted by atomic mass is 79.9. The second-order valence-corrected chi connectivity index (χ2v) is 5.74. The Morgan fingerprint density at radius 1 is 1.37 bits per heavy atom. The van der Waals surface area contributed by atoms with E-state index in [0.29, 0.717) is 17.2 Å². The third-order valence-corrected chi connectivity index (χ3v) is 4.17. The Bertz CT molecular complexity index is 492. The van der Waals surface area contributed by atoms with Crippen molar-refractivity contribution in [2.24, 2.45) is 5.92 Å². The van der Waals surface area contributed by atoms with Crippen LogP contribution >= 0.6 is 15.9 Å². The standard InChI is InChI=1S/C14H16BrNO3/c15-5-3-10-4-6-16(8-10)14(17)11-1-2-12-13(7-11)19-9-18-12/h1-2,7,10H,3-6,8-9H2. The Hall–Kier alpha value is -1.23. The van der Waals surface area contributed by atoms with Crippen LogP contribution in [0.15, 0.2) is 18.2 Å². The largest absolute Gasteiger partial charge is 0.454 e. The fourth-order valence-electron chi connectivity index (χ4n) is 2.62. The average Bonchev–Trinajstić information content (AvgIpc) is 3.05. The van der Waals surface area contributed by atoms with Gasteiger partial charge in [-0.15, -0.1) is 0 Å². The van der Waals surface area contributed by atoms with Crippen molar-refractivity contribution in [1.82, 2.24) is 4.90 Å². The summed E-state index contributed by atoms with van der Waals surface area (Å²) in [5.41, 5.74) is 0.684. The molecule has 0 spiro atoms. The summed E-state index contributed by atoms with van der Waals surface area (Å²) in [7, 11) is 0. The normalized spacial score (nSPS) is 20.9. The minimum atomic E-state index is 0.0929. The summed E-state index contributed by atoms with van der Waals surface area (Å²) in [6, 6.07) is 5.40. The van der Waals surface area contributed by atoms with Gasteiger partial charge in [-0.25, -0.2) is 0 Å². The van der Waals surface area contributed by atoms with Gasteiger partial charge in [-0.2, -0.15) is 0 Å². The van der Waals surface area contributed by atoms with E-state index in [1.165, 1.54) is 0 Å². The summed E-state index contributed by atoms with van der Waals surface area (Å²) in [5, 5.41) is 1.00.